The number of imidazole rings is 1. The molecule has 6 rings (SSSR count). The summed E-state index contributed by atoms with van der Waals surface area (Å²) in [5.41, 5.74) is 9.63. The van der Waals surface area contributed by atoms with Gasteiger partial charge in [-0.1, -0.05) is 0 Å². The number of nitrogens with zero attached hydrogens (tertiary/aromatic N) is 3. The fourth-order valence-corrected chi connectivity index (χ4v) is 5.13. The van der Waals surface area contributed by atoms with Gasteiger partial charge in [0.05, 0.1) is 18.1 Å². The number of nitro benzene ring substituents is 1. The molecule has 3 heterocycles. The molecule has 0 spiro atoms. The molecular weight excluding hydrogens is 510 g/mol. The standard InChI is InChI=1S/C27H26N3O4.BrH/c1-17-11-24-25(12-18(17)2)29(16-28(24)14-19-3-5-21(6-4-19)30(31)32)15-23-22-8-10-33-26(22)13-20-7-9-34-27(20)23;/h3-6,11-13,16H,7-10,14-15H2,1-2H3;1H/q+1;/p-1. The number of rotatable bonds is 5. The molecule has 0 amide bonds. The first-order valence-electron chi connectivity index (χ1n) is 11.6. The molecule has 0 atom stereocenters. The van der Waals surface area contributed by atoms with Crippen molar-refractivity contribution in [3.63, 3.8) is 0 Å². The Bertz CT molecular complexity index is 1430. The molecule has 0 bridgehead atoms. The zero-order valence-corrected chi connectivity index (χ0v) is 21.3. The number of hydrogen-bond acceptors (Lipinski definition) is 4. The van der Waals surface area contributed by atoms with E-state index in [9.17, 15) is 10.1 Å². The number of ether oxygens (including phenoxy) is 2. The molecule has 0 N–H and O–H groups in total. The summed E-state index contributed by atoms with van der Waals surface area (Å²) in [7, 11) is 0. The van der Waals surface area contributed by atoms with Crippen LogP contribution in [0.2, 0.25) is 0 Å². The number of nitro groups is 1. The summed E-state index contributed by atoms with van der Waals surface area (Å²) in [6, 6.07) is 13.4. The molecule has 2 aliphatic rings. The van der Waals surface area contributed by atoms with Gasteiger partial charge < -0.3 is 26.5 Å². The number of halogens is 1. The first kappa shape index (κ1) is 23.4. The zero-order chi connectivity index (χ0) is 23.4. The summed E-state index contributed by atoms with van der Waals surface area (Å²) < 4.78 is 16.5. The van der Waals surface area contributed by atoms with Gasteiger partial charge in [0.15, 0.2) is 11.0 Å². The summed E-state index contributed by atoms with van der Waals surface area (Å²) in [4.78, 5) is 10.7. The van der Waals surface area contributed by atoms with Crippen LogP contribution in [0.15, 0.2) is 48.8 Å². The highest BCUT2D eigenvalue weighted by Gasteiger charge is 2.29. The Morgan fingerprint density at radius 2 is 1.77 bits per heavy atom. The number of fused-ring (bicyclic) bond motifs is 3. The molecule has 4 aromatic rings. The highest BCUT2D eigenvalue weighted by Crippen LogP contribution is 2.41. The number of hydrogen-bond donors (Lipinski definition) is 0. The van der Waals surface area contributed by atoms with E-state index in [0.29, 0.717) is 13.1 Å². The number of aromatic nitrogens is 2. The lowest BCUT2D eigenvalue weighted by Crippen LogP contribution is -3.00. The number of non-ortho nitro benzene ring substituents is 1. The normalized spacial score (nSPS) is 13.7. The highest BCUT2D eigenvalue weighted by molar-refractivity contribution is 5.74. The first-order valence-corrected chi connectivity index (χ1v) is 11.6. The quantitative estimate of drug-likeness (QED) is 0.220. The second-order valence-electron chi connectivity index (χ2n) is 9.24. The van der Waals surface area contributed by atoms with Crippen LogP contribution in [0, 0.1) is 24.0 Å². The van der Waals surface area contributed by atoms with Crippen molar-refractivity contribution in [3.05, 3.63) is 92.3 Å². The maximum Gasteiger partial charge on any atom is 0.269 e. The molecule has 0 radical (unpaired) electrons. The molecule has 0 saturated carbocycles. The lowest BCUT2D eigenvalue weighted by atomic mass is 9.99. The minimum atomic E-state index is -0.364. The molecule has 35 heavy (non-hydrogen) atoms. The van der Waals surface area contributed by atoms with E-state index in [2.05, 4.69) is 47.5 Å². The number of benzene rings is 3. The van der Waals surface area contributed by atoms with E-state index >= 15 is 0 Å². The van der Waals surface area contributed by atoms with Gasteiger partial charge in [-0.25, -0.2) is 9.13 Å². The topological polar surface area (TPSA) is 70.4 Å². The third-order valence-electron chi connectivity index (χ3n) is 7.08. The lowest BCUT2D eigenvalue weighted by Gasteiger charge is -2.11. The van der Waals surface area contributed by atoms with E-state index in [1.54, 1.807) is 12.1 Å². The van der Waals surface area contributed by atoms with Crippen LogP contribution in [0.25, 0.3) is 11.0 Å². The van der Waals surface area contributed by atoms with Crippen molar-refractivity contribution in [3.8, 4) is 11.5 Å². The van der Waals surface area contributed by atoms with Gasteiger partial charge in [0.1, 0.15) is 24.6 Å². The molecule has 2 aliphatic heterocycles. The minimum Gasteiger partial charge on any atom is -1.00 e. The smallest absolute Gasteiger partial charge is 0.269 e. The van der Waals surface area contributed by atoms with Gasteiger partial charge in [-0.3, -0.25) is 10.1 Å². The van der Waals surface area contributed by atoms with Crippen LogP contribution < -0.4 is 31.0 Å². The Morgan fingerprint density at radius 3 is 2.54 bits per heavy atom. The van der Waals surface area contributed by atoms with Gasteiger partial charge in [0.2, 0.25) is 6.33 Å². The summed E-state index contributed by atoms with van der Waals surface area (Å²) in [6.45, 7) is 7.05. The molecule has 0 aliphatic carbocycles. The molecule has 3 aromatic carbocycles. The molecule has 7 nitrogen and oxygen atoms in total. The summed E-state index contributed by atoms with van der Waals surface area (Å²) in [6.07, 6.45) is 3.98. The van der Waals surface area contributed by atoms with Crippen LogP contribution in [0.5, 0.6) is 11.5 Å². The van der Waals surface area contributed by atoms with E-state index in [1.165, 1.54) is 27.8 Å². The van der Waals surface area contributed by atoms with Crippen LogP contribution in [0.4, 0.5) is 5.69 Å². The molecular formula is C27H26BrN3O4. The van der Waals surface area contributed by atoms with Crippen LogP contribution in [-0.4, -0.2) is 22.7 Å². The van der Waals surface area contributed by atoms with Crippen molar-refractivity contribution in [1.29, 1.82) is 0 Å². The summed E-state index contributed by atoms with van der Waals surface area (Å²) in [5.74, 6) is 2.03. The highest BCUT2D eigenvalue weighted by atomic mass is 79.9. The minimum absolute atomic E-state index is 0. The molecule has 8 heteroatoms. The van der Waals surface area contributed by atoms with Crippen LogP contribution >= 0.6 is 0 Å². The largest absolute Gasteiger partial charge is 1.00 e. The number of aryl methyl sites for hydroxylation is 2. The van der Waals surface area contributed by atoms with Crippen LogP contribution in [0.1, 0.15) is 33.4 Å². The average molecular weight is 536 g/mol. The zero-order valence-electron chi connectivity index (χ0n) is 19.7. The van der Waals surface area contributed by atoms with E-state index in [0.717, 1.165) is 54.2 Å². The van der Waals surface area contributed by atoms with Crippen molar-refractivity contribution >= 4 is 16.7 Å². The molecule has 180 valence electrons. The molecule has 0 fully saturated rings. The predicted octanol–water partition coefficient (Wildman–Crippen LogP) is 1.42. The molecule has 1 aromatic heterocycles. The van der Waals surface area contributed by atoms with Gasteiger partial charge in [-0.2, -0.15) is 0 Å². The van der Waals surface area contributed by atoms with Crippen LogP contribution in [0.3, 0.4) is 0 Å². The average Bonchev–Trinajstić information content (AvgIpc) is 3.55. The Hall–Kier alpha value is -3.39. The third-order valence-corrected chi connectivity index (χ3v) is 7.08. The van der Waals surface area contributed by atoms with Crippen molar-refractivity contribution in [1.82, 2.24) is 4.57 Å². The monoisotopic (exact) mass is 535 g/mol. The van der Waals surface area contributed by atoms with Gasteiger partial charge >= 0.3 is 0 Å². The van der Waals surface area contributed by atoms with E-state index in [1.807, 2.05) is 12.1 Å². The van der Waals surface area contributed by atoms with E-state index in [-0.39, 0.29) is 27.6 Å². The molecule has 0 saturated heterocycles. The predicted molar refractivity (Wildman–Crippen MR) is 128 cm³/mol. The second kappa shape index (κ2) is 9.00. The van der Waals surface area contributed by atoms with Crippen LogP contribution in [-0.2, 0) is 25.9 Å². The van der Waals surface area contributed by atoms with Crippen molar-refractivity contribution in [2.45, 2.75) is 39.8 Å². The second-order valence-corrected chi connectivity index (χ2v) is 9.24. The SMILES string of the molecule is Cc1cc2c(cc1C)[n+](Cc1ccc([N+](=O)[O-])cc1)cn2Cc1c2c(cc3c1OCC3)OCC2.[Br-]. The fourth-order valence-electron chi connectivity index (χ4n) is 5.13. The summed E-state index contributed by atoms with van der Waals surface area (Å²) >= 11 is 0. The lowest BCUT2D eigenvalue weighted by molar-refractivity contribution is -0.663. The summed E-state index contributed by atoms with van der Waals surface area (Å²) in [5, 5.41) is 11.0. The molecule has 0 unspecified atom stereocenters. The van der Waals surface area contributed by atoms with E-state index < -0.39 is 0 Å². The Labute approximate surface area is 213 Å². The maximum atomic E-state index is 11.0. The van der Waals surface area contributed by atoms with Gasteiger partial charge in [-0.05, 0) is 60.9 Å². The van der Waals surface area contributed by atoms with Gasteiger partial charge in [-0.15, -0.1) is 0 Å². The Morgan fingerprint density at radius 1 is 1.03 bits per heavy atom. The van der Waals surface area contributed by atoms with Crippen molar-refractivity contribution in [2.75, 3.05) is 13.2 Å². The third kappa shape index (κ3) is 4.05. The maximum absolute atomic E-state index is 11.0. The fraction of sp³-hybridized carbons (Fsp3) is 0.296. The Kier molecular flexibility index (Phi) is 6.01. The Balaban J connectivity index is 0.00000253. The van der Waals surface area contributed by atoms with Crippen molar-refractivity contribution < 1.29 is 35.9 Å². The van der Waals surface area contributed by atoms with E-state index in [4.69, 9.17) is 9.47 Å². The first-order chi connectivity index (χ1) is 16.5. The van der Waals surface area contributed by atoms with Gasteiger partial charge in [0, 0.05) is 41.7 Å². The van der Waals surface area contributed by atoms with Crippen molar-refractivity contribution in [2.24, 2.45) is 0 Å². The van der Waals surface area contributed by atoms with Gasteiger partial charge in [0.25, 0.3) is 5.69 Å².